The van der Waals surface area contributed by atoms with Crippen LogP contribution in [0.3, 0.4) is 0 Å². The van der Waals surface area contributed by atoms with E-state index in [2.05, 4.69) is 0 Å². The first-order valence-corrected chi connectivity index (χ1v) is 7.34. The van der Waals surface area contributed by atoms with Gasteiger partial charge in [0.25, 0.3) is 0 Å². The molecule has 3 rings (SSSR count). The first-order valence-electron chi connectivity index (χ1n) is 7.34. The molecule has 5 nitrogen and oxygen atoms in total. The predicted molar refractivity (Wildman–Crippen MR) is 91.6 cm³/mol. The standard InChI is InChI=1S/C19H16O5/c1-3-4-11-5-8-16-17(18(11)22)13(10-20)19(24-16)12-6-7-15(23-2)14(21)9-12/h3-10,21-22H,1-2H3/b4-3+. The van der Waals surface area contributed by atoms with Crippen LogP contribution in [0.25, 0.3) is 28.4 Å². The molecule has 0 saturated heterocycles. The Morgan fingerprint density at radius 1 is 1.17 bits per heavy atom. The van der Waals surface area contributed by atoms with Crippen LogP contribution in [0.5, 0.6) is 17.2 Å². The van der Waals surface area contributed by atoms with E-state index in [0.29, 0.717) is 34.1 Å². The molecular formula is C19H16O5. The molecule has 0 spiro atoms. The SMILES string of the molecule is C/C=C/c1ccc2oc(-c3ccc(OC)c(O)c3)c(C=O)c2c1O. The van der Waals surface area contributed by atoms with Gasteiger partial charge < -0.3 is 19.4 Å². The van der Waals surface area contributed by atoms with Crippen LogP contribution in [0.15, 0.2) is 40.8 Å². The van der Waals surface area contributed by atoms with Crippen LogP contribution in [-0.2, 0) is 0 Å². The molecule has 1 heterocycles. The third-order valence-corrected chi connectivity index (χ3v) is 3.80. The van der Waals surface area contributed by atoms with E-state index in [1.165, 1.54) is 13.2 Å². The van der Waals surface area contributed by atoms with Gasteiger partial charge >= 0.3 is 0 Å². The Labute approximate surface area is 138 Å². The van der Waals surface area contributed by atoms with E-state index in [1.807, 2.05) is 6.92 Å². The smallest absolute Gasteiger partial charge is 0.160 e. The number of fused-ring (bicyclic) bond motifs is 1. The molecule has 0 aliphatic carbocycles. The van der Waals surface area contributed by atoms with Gasteiger partial charge in [-0.2, -0.15) is 0 Å². The molecule has 0 unspecified atom stereocenters. The number of allylic oxidation sites excluding steroid dienone is 1. The lowest BCUT2D eigenvalue weighted by molar-refractivity contribution is 0.112. The van der Waals surface area contributed by atoms with E-state index in [9.17, 15) is 15.0 Å². The van der Waals surface area contributed by atoms with Gasteiger partial charge in [-0.1, -0.05) is 12.2 Å². The second-order valence-electron chi connectivity index (χ2n) is 5.23. The third-order valence-electron chi connectivity index (χ3n) is 3.80. The minimum Gasteiger partial charge on any atom is -0.507 e. The van der Waals surface area contributed by atoms with E-state index in [0.717, 1.165) is 0 Å². The normalized spacial score (nSPS) is 11.2. The van der Waals surface area contributed by atoms with Gasteiger partial charge in [0, 0.05) is 11.1 Å². The predicted octanol–water partition coefficient (Wildman–Crippen LogP) is 4.37. The van der Waals surface area contributed by atoms with Gasteiger partial charge in [-0.05, 0) is 37.3 Å². The highest BCUT2D eigenvalue weighted by atomic mass is 16.5. The lowest BCUT2D eigenvalue weighted by Crippen LogP contribution is -1.87. The summed E-state index contributed by atoms with van der Waals surface area (Å²) in [6.45, 7) is 1.84. The van der Waals surface area contributed by atoms with Gasteiger partial charge in [-0.15, -0.1) is 0 Å². The van der Waals surface area contributed by atoms with Crippen LogP contribution in [0, 0.1) is 0 Å². The number of carbonyl (C=O) groups is 1. The molecule has 0 saturated carbocycles. The number of aldehydes is 1. The molecule has 2 aromatic carbocycles. The van der Waals surface area contributed by atoms with Gasteiger partial charge in [0.2, 0.25) is 0 Å². The maximum Gasteiger partial charge on any atom is 0.160 e. The van der Waals surface area contributed by atoms with Crippen molar-refractivity contribution in [2.45, 2.75) is 6.92 Å². The fourth-order valence-corrected chi connectivity index (χ4v) is 2.68. The number of benzene rings is 2. The Kier molecular flexibility index (Phi) is 4.00. The number of methoxy groups -OCH3 is 1. The molecule has 0 fully saturated rings. The zero-order valence-corrected chi connectivity index (χ0v) is 13.2. The summed E-state index contributed by atoms with van der Waals surface area (Å²) >= 11 is 0. The number of hydrogen-bond acceptors (Lipinski definition) is 5. The number of phenols is 2. The number of phenolic OH excluding ortho intramolecular Hbond substituents is 2. The van der Waals surface area contributed by atoms with Crippen molar-refractivity contribution in [1.29, 1.82) is 0 Å². The molecule has 5 heteroatoms. The van der Waals surface area contributed by atoms with E-state index < -0.39 is 0 Å². The van der Waals surface area contributed by atoms with Gasteiger partial charge in [0.15, 0.2) is 17.8 Å². The van der Waals surface area contributed by atoms with Crippen molar-refractivity contribution < 1.29 is 24.2 Å². The van der Waals surface area contributed by atoms with Crippen LogP contribution in [0.2, 0.25) is 0 Å². The van der Waals surface area contributed by atoms with Crippen molar-refractivity contribution in [3.05, 3.63) is 47.5 Å². The fraction of sp³-hybridized carbons (Fsp3) is 0.105. The monoisotopic (exact) mass is 324 g/mol. The van der Waals surface area contributed by atoms with E-state index in [1.54, 1.807) is 36.4 Å². The Balaban J connectivity index is 2.28. The number of ether oxygens (including phenoxy) is 1. The molecule has 3 aromatic rings. The highest BCUT2D eigenvalue weighted by molar-refractivity contribution is 6.06. The minimum absolute atomic E-state index is 0.0135. The van der Waals surface area contributed by atoms with Crippen molar-refractivity contribution in [2.75, 3.05) is 7.11 Å². The maximum absolute atomic E-state index is 11.6. The molecule has 24 heavy (non-hydrogen) atoms. The van der Waals surface area contributed by atoms with Gasteiger partial charge in [0.1, 0.15) is 17.1 Å². The van der Waals surface area contributed by atoms with E-state index in [-0.39, 0.29) is 22.8 Å². The molecule has 2 N–H and O–H groups in total. The molecule has 0 radical (unpaired) electrons. The quantitative estimate of drug-likeness (QED) is 0.697. The number of rotatable bonds is 4. The molecule has 0 amide bonds. The fourth-order valence-electron chi connectivity index (χ4n) is 2.68. The van der Waals surface area contributed by atoms with Gasteiger partial charge in [-0.25, -0.2) is 0 Å². The second kappa shape index (κ2) is 6.12. The Morgan fingerprint density at radius 2 is 1.96 bits per heavy atom. The zero-order chi connectivity index (χ0) is 17.3. The van der Waals surface area contributed by atoms with Crippen molar-refractivity contribution in [1.82, 2.24) is 0 Å². The number of furan rings is 1. The highest BCUT2D eigenvalue weighted by Gasteiger charge is 2.20. The number of hydrogen-bond donors (Lipinski definition) is 2. The van der Waals surface area contributed by atoms with Crippen LogP contribution in [0.4, 0.5) is 0 Å². The van der Waals surface area contributed by atoms with Crippen molar-refractivity contribution >= 4 is 23.3 Å². The molecule has 1 aromatic heterocycles. The summed E-state index contributed by atoms with van der Waals surface area (Å²) in [4.78, 5) is 11.6. The van der Waals surface area contributed by atoms with Crippen molar-refractivity contribution in [3.63, 3.8) is 0 Å². The summed E-state index contributed by atoms with van der Waals surface area (Å²) in [5.74, 6) is 0.526. The van der Waals surface area contributed by atoms with Crippen molar-refractivity contribution in [3.8, 4) is 28.6 Å². The van der Waals surface area contributed by atoms with E-state index in [4.69, 9.17) is 9.15 Å². The van der Waals surface area contributed by atoms with Gasteiger partial charge in [-0.3, -0.25) is 4.79 Å². The largest absolute Gasteiger partial charge is 0.507 e. The molecule has 0 bridgehead atoms. The first-order chi connectivity index (χ1) is 11.6. The summed E-state index contributed by atoms with van der Waals surface area (Å²) < 4.78 is 10.8. The summed E-state index contributed by atoms with van der Waals surface area (Å²) in [5, 5.41) is 20.7. The Hall–Kier alpha value is -3.21. The van der Waals surface area contributed by atoms with Gasteiger partial charge in [0.05, 0.1) is 18.1 Å². The lowest BCUT2D eigenvalue weighted by Gasteiger charge is -2.05. The first kappa shape index (κ1) is 15.7. The Bertz CT molecular complexity index is 950. The summed E-state index contributed by atoms with van der Waals surface area (Å²) in [5.41, 5.74) is 1.74. The average Bonchev–Trinajstić information content (AvgIpc) is 2.97. The number of aromatic hydroxyl groups is 2. The summed E-state index contributed by atoms with van der Waals surface area (Å²) in [7, 11) is 1.45. The lowest BCUT2D eigenvalue weighted by atomic mass is 10.0. The minimum atomic E-state index is -0.0638. The number of carbonyl (C=O) groups excluding carboxylic acids is 1. The average molecular weight is 324 g/mol. The van der Waals surface area contributed by atoms with Crippen LogP contribution in [-0.4, -0.2) is 23.6 Å². The zero-order valence-electron chi connectivity index (χ0n) is 13.2. The Morgan fingerprint density at radius 3 is 2.58 bits per heavy atom. The topological polar surface area (TPSA) is 79.9 Å². The maximum atomic E-state index is 11.6. The van der Waals surface area contributed by atoms with Crippen LogP contribution >= 0.6 is 0 Å². The van der Waals surface area contributed by atoms with Crippen LogP contribution in [0.1, 0.15) is 22.8 Å². The van der Waals surface area contributed by atoms with E-state index >= 15 is 0 Å². The molecule has 0 atom stereocenters. The third kappa shape index (κ3) is 2.40. The molecular weight excluding hydrogens is 308 g/mol. The van der Waals surface area contributed by atoms with Crippen LogP contribution < -0.4 is 4.74 Å². The second-order valence-corrected chi connectivity index (χ2v) is 5.23. The highest BCUT2D eigenvalue weighted by Crippen LogP contribution is 2.41. The molecule has 122 valence electrons. The van der Waals surface area contributed by atoms with Crippen molar-refractivity contribution in [2.24, 2.45) is 0 Å². The molecule has 0 aliphatic heterocycles. The molecule has 0 aliphatic rings. The summed E-state index contributed by atoms with van der Waals surface area (Å²) in [6.07, 6.45) is 4.18. The summed E-state index contributed by atoms with van der Waals surface area (Å²) in [6, 6.07) is 8.12.